The average Bonchev–Trinajstić information content (AvgIpc) is 2.65. The highest BCUT2D eigenvalue weighted by Crippen LogP contribution is 2.26. The number of halogens is 1. The van der Waals surface area contributed by atoms with Gasteiger partial charge in [-0.1, -0.05) is 19.3 Å². The van der Waals surface area contributed by atoms with Crippen LogP contribution < -0.4 is 10.6 Å². The van der Waals surface area contributed by atoms with E-state index in [9.17, 15) is 0 Å². The summed E-state index contributed by atoms with van der Waals surface area (Å²) >= 11 is 6.07. The lowest BCUT2D eigenvalue weighted by atomic mass is 9.95. The van der Waals surface area contributed by atoms with Crippen molar-refractivity contribution in [1.82, 2.24) is 15.3 Å². The Labute approximate surface area is 119 Å². The van der Waals surface area contributed by atoms with Gasteiger partial charge in [0, 0.05) is 24.6 Å². The van der Waals surface area contributed by atoms with E-state index in [2.05, 4.69) is 20.6 Å². The first-order valence-corrected chi connectivity index (χ1v) is 7.73. The van der Waals surface area contributed by atoms with Gasteiger partial charge < -0.3 is 10.6 Å². The van der Waals surface area contributed by atoms with Gasteiger partial charge in [0.1, 0.15) is 5.82 Å². The number of anilines is 1. The van der Waals surface area contributed by atoms with E-state index < -0.39 is 0 Å². The summed E-state index contributed by atoms with van der Waals surface area (Å²) in [6.07, 6.45) is 8.42. The Kier molecular flexibility index (Phi) is 4.18. The summed E-state index contributed by atoms with van der Waals surface area (Å²) in [7, 11) is 0. The Morgan fingerprint density at radius 3 is 2.68 bits per heavy atom. The van der Waals surface area contributed by atoms with Gasteiger partial charge in [-0.05, 0) is 37.4 Å². The zero-order valence-corrected chi connectivity index (χ0v) is 12.0. The molecule has 1 aromatic heterocycles. The number of nitrogens with one attached hydrogen (secondary N) is 2. The molecule has 1 aliphatic carbocycles. The molecule has 0 amide bonds. The lowest BCUT2D eigenvalue weighted by molar-refractivity contribution is 0.461. The van der Waals surface area contributed by atoms with Crippen molar-refractivity contribution in [3.63, 3.8) is 0 Å². The first-order chi connectivity index (χ1) is 9.33. The van der Waals surface area contributed by atoms with Crippen LogP contribution in [0.3, 0.4) is 0 Å². The Balaban J connectivity index is 1.84. The normalized spacial score (nSPS) is 20.7. The third kappa shape index (κ3) is 3.18. The lowest BCUT2D eigenvalue weighted by Crippen LogP contribution is -2.24. The molecule has 0 spiro atoms. The molecule has 0 radical (unpaired) electrons. The highest BCUT2D eigenvalue weighted by Gasteiger charge is 2.19. The molecule has 5 heteroatoms. The summed E-state index contributed by atoms with van der Waals surface area (Å²) < 4.78 is 0. The van der Waals surface area contributed by atoms with Crippen LogP contribution in [0.15, 0.2) is 0 Å². The summed E-state index contributed by atoms with van der Waals surface area (Å²) in [4.78, 5) is 8.84. The van der Waals surface area contributed by atoms with Crippen molar-refractivity contribution >= 4 is 17.4 Å². The number of aromatic nitrogens is 2. The quantitative estimate of drug-likeness (QED) is 0.818. The van der Waals surface area contributed by atoms with Gasteiger partial charge >= 0.3 is 0 Å². The zero-order valence-electron chi connectivity index (χ0n) is 11.2. The third-order valence-corrected chi connectivity index (χ3v) is 4.27. The topological polar surface area (TPSA) is 49.8 Å². The molecule has 104 valence electrons. The van der Waals surface area contributed by atoms with Gasteiger partial charge in [0.15, 0.2) is 0 Å². The van der Waals surface area contributed by atoms with Crippen molar-refractivity contribution < 1.29 is 0 Å². The molecule has 1 aromatic rings. The standard InChI is InChI=1S/C14H21ClN4/c15-14-18-12-7-9-16-8-6-11(12)13(19-14)17-10-4-2-1-3-5-10/h10,16H,1-9H2,(H,17,18,19). The van der Waals surface area contributed by atoms with Gasteiger partial charge in [-0.2, -0.15) is 0 Å². The molecule has 2 aliphatic rings. The fourth-order valence-corrected chi connectivity index (χ4v) is 3.26. The minimum atomic E-state index is 0.374. The Bertz CT molecular complexity index is 443. The predicted octanol–water partition coefficient (Wildman–Crippen LogP) is 2.56. The minimum Gasteiger partial charge on any atom is -0.367 e. The van der Waals surface area contributed by atoms with Crippen LogP contribution in [-0.4, -0.2) is 29.1 Å². The molecule has 1 fully saturated rings. The first-order valence-electron chi connectivity index (χ1n) is 7.35. The van der Waals surface area contributed by atoms with E-state index in [-0.39, 0.29) is 0 Å². The highest BCUT2D eigenvalue weighted by atomic mass is 35.5. The lowest BCUT2D eigenvalue weighted by Gasteiger charge is -2.24. The fourth-order valence-electron chi connectivity index (χ4n) is 3.07. The van der Waals surface area contributed by atoms with Gasteiger partial charge in [-0.15, -0.1) is 0 Å². The number of hydrogen-bond acceptors (Lipinski definition) is 4. The second-order valence-electron chi connectivity index (χ2n) is 5.50. The first kappa shape index (κ1) is 13.1. The highest BCUT2D eigenvalue weighted by molar-refractivity contribution is 6.28. The molecule has 0 atom stereocenters. The summed E-state index contributed by atoms with van der Waals surface area (Å²) in [5.41, 5.74) is 2.38. The van der Waals surface area contributed by atoms with Crippen molar-refractivity contribution in [3.8, 4) is 0 Å². The molecule has 0 aromatic carbocycles. The number of rotatable bonds is 2. The minimum absolute atomic E-state index is 0.374. The van der Waals surface area contributed by atoms with Crippen LogP contribution in [0.1, 0.15) is 43.4 Å². The van der Waals surface area contributed by atoms with Crippen LogP contribution in [-0.2, 0) is 12.8 Å². The van der Waals surface area contributed by atoms with Gasteiger partial charge in [-0.3, -0.25) is 0 Å². The molecule has 19 heavy (non-hydrogen) atoms. The van der Waals surface area contributed by atoms with E-state index in [1.807, 2.05) is 0 Å². The van der Waals surface area contributed by atoms with E-state index >= 15 is 0 Å². The Morgan fingerprint density at radius 1 is 1.05 bits per heavy atom. The maximum Gasteiger partial charge on any atom is 0.224 e. The van der Waals surface area contributed by atoms with Crippen molar-refractivity contribution in [3.05, 3.63) is 16.5 Å². The van der Waals surface area contributed by atoms with Gasteiger partial charge in [-0.25, -0.2) is 9.97 Å². The molecule has 0 unspecified atom stereocenters. The molecule has 1 aliphatic heterocycles. The summed E-state index contributed by atoms with van der Waals surface area (Å²) in [5.74, 6) is 0.977. The van der Waals surface area contributed by atoms with E-state index in [0.29, 0.717) is 11.3 Å². The largest absolute Gasteiger partial charge is 0.367 e. The molecule has 2 heterocycles. The van der Waals surface area contributed by atoms with E-state index in [4.69, 9.17) is 11.6 Å². The molecule has 2 N–H and O–H groups in total. The predicted molar refractivity (Wildman–Crippen MR) is 77.8 cm³/mol. The Morgan fingerprint density at radius 2 is 1.84 bits per heavy atom. The number of fused-ring (bicyclic) bond motifs is 1. The van der Waals surface area contributed by atoms with Crippen molar-refractivity contribution in [2.45, 2.75) is 51.0 Å². The summed E-state index contributed by atoms with van der Waals surface area (Å²) in [5, 5.41) is 7.39. The molecule has 4 nitrogen and oxygen atoms in total. The van der Waals surface area contributed by atoms with Crippen molar-refractivity contribution in [2.75, 3.05) is 18.4 Å². The van der Waals surface area contributed by atoms with E-state index in [1.54, 1.807) is 0 Å². The van der Waals surface area contributed by atoms with Crippen LogP contribution in [0, 0.1) is 0 Å². The van der Waals surface area contributed by atoms with Crippen molar-refractivity contribution in [1.29, 1.82) is 0 Å². The van der Waals surface area contributed by atoms with E-state index in [0.717, 1.165) is 37.4 Å². The molecule has 0 saturated heterocycles. The molecule has 1 saturated carbocycles. The van der Waals surface area contributed by atoms with Crippen molar-refractivity contribution in [2.24, 2.45) is 0 Å². The third-order valence-electron chi connectivity index (χ3n) is 4.10. The smallest absolute Gasteiger partial charge is 0.224 e. The van der Waals surface area contributed by atoms with Crippen LogP contribution in [0.2, 0.25) is 5.28 Å². The molecular weight excluding hydrogens is 260 g/mol. The molecule has 3 rings (SSSR count). The molecule has 0 bridgehead atoms. The molecular formula is C14H21ClN4. The zero-order chi connectivity index (χ0) is 13.1. The van der Waals surface area contributed by atoms with Crippen LogP contribution in [0.4, 0.5) is 5.82 Å². The summed E-state index contributed by atoms with van der Waals surface area (Å²) in [6, 6.07) is 0.556. The van der Waals surface area contributed by atoms with Gasteiger partial charge in [0.2, 0.25) is 5.28 Å². The average molecular weight is 281 g/mol. The number of nitrogens with zero attached hydrogens (tertiary/aromatic N) is 2. The monoisotopic (exact) mass is 280 g/mol. The Hall–Kier alpha value is -0.870. The fraction of sp³-hybridized carbons (Fsp3) is 0.714. The second kappa shape index (κ2) is 6.06. The van der Waals surface area contributed by atoms with Crippen LogP contribution in [0.25, 0.3) is 0 Å². The second-order valence-corrected chi connectivity index (χ2v) is 5.83. The number of hydrogen-bond donors (Lipinski definition) is 2. The summed E-state index contributed by atoms with van der Waals surface area (Å²) in [6.45, 7) is 1.97. The van der Waals surface area contributed by atoms with Crippen LogP contribution >= 0.6 is 11.6 Å². The maximum absolute atomic E-state index is 6.07. The SMILES string of the molecule is Clc1nc2c(c(NC3CCCCC3)n1)CCNCC2. The van der Waals surface area contributed by atoms with Gasteiger partial charge in [0.25, 0.3) is 0 Å². The van der Waals surface area contributed by atoms with E-state index in [1.165, 1.54) is 37.7 Å². The van der Waals surface area contributed by atoms with Crippen LogP contribution in [0.5, 0.6) is 0 Å². The van der Waals surface area contributed by atoms with Gasteiger partial charge in [0.05, 0.1) is 5.69 Å². The maximum atomic E-state index is 6.07.